The number of hydrazine groups is 1. The van der Waals surface area contributed by atoms with Gasteiger partial charge in [-0.2, -0.15) is 0 Å². The summed E-state index contributed by atoms with van der Waals surface area (Å²) in [6.45, 7) is 1.99. The molecule has 48 valence electrons. The van der Waals surface area contributed by atoms with E-state index in [-0.39, 0.29) is 0 Å². The number of nitrogens with one attached hydrogen (secondary N) is 1. The number of benzene rings is 1. The summed E-state index contributed by atoms with van der Waals surface area (Å²) < 4.78 is 7.00. The summed E-state index contributed by atoms with van der Waals surface area (Å²) in [6, 6.07) is 7.46. The molecule has 2 nitrogen and oxygen atoms in total. The molecule has 0 bridgehead atoms. The molecular formula is C7H10N2. The highest BCUT2D eigenvalue weighted by Crippen LogP contribution is 2.05. The smallest absolute Gasteiger partial charge is 0.181 e. The number of aryl methyl sites for hydroxylation is 1. The van der Waals surface area contributed by atoms with Crippen molar-refractivity contribution in [3.05, 3.63) is 29.8 Å². The van der Waals surface area contributed by atoms with Gasteiger partial charge in [-0.15, -0.1) is 0 Å². The van der Waals surface area contributed by atoms with Crippen molar-refractivity contribution in [3.8, 4) is 0 Å². The Morgan fingerprint density at radius 1 is 1.44 bits per heavy atom. The van der Waals surface area contributed by atoms with E-state index in [0.717, 1.165) is 5.42 Å². The second kappa shape index (κ2) is 2.51. The summed E-state index contributed by atoms with van der Waals surface area (Å²) in [6.07, 6.45) is 0. The Morgan fingerprint density at radius 2 is 2.00 bits per heavy atom. The average Bonchev–Trinajstić information content (AvgIpc) is 1.88. The molecule has 3 N–H and O–H groups in total. The zero-order chi connectivity index (χ0) is 7.56. The quantitative estimate of drug-likeness (QED) is 0.436. The lowest BCUT2D eigenvalue weighted by Crippen LogP contribution is -2.05. The van der Waals surface area contributed by atoms with Crippen LogP contribution in [0.15, 0.2) is 24.3 Å². The standard InChI is InChI=1S/C7H10N2/c1-6-2-4-7(9-8)5-3-6/h2-5,9H,8H2,1H3/i/hD. The van der Waals surface area contributed by atoms with E-state index >= 15 is 0 Å². The van der Waals surface area contributed by atoms with Crippen LogP contribution in [0.5, 0.6) is 0 Å². The summed E-state index contributed by atoms with van der Waals surface area (Å²) in [5.74, 6) is 5.16. The molecule has 0 amide bonds. The van der Waals surface area contributed by atoms with Crippen molar-refractivity contribution in [1.82, 2.24) is 0 Å². The van der Waals surface area contributed by atoms with Crippen LogP contribution >= 0.6 is 0 Å². The van der Waals surface area contributed by atoms with Crippen LogP contribution in [0.1, 0.15) is 5.56 Å². The number of anilines is 1. The van der Waals surface area contributed by atoms with Gasteiger partial charge >= 0.3 is 0 Å². The Kier molecular flexibility index (Phi) is 1.34. The SMILES string of the molecule is [2H]N(N)c1ccc(C)cc1. The number of nitrogens with two attached hydrogens (primary N) is 1. The third-order valence-corrected chi connectivity index (χ3v) is 1.18. The first-order valence-corrected chi connectivity index (χ1v) is 2.80. The summed E-state index contributed by atoms with van der Waals surface area (Å²) >= 11 is 0. The normalized spacial score (nSPS) is 10.7. The molecule has 0 aliphatic rings. The highest BCUT2D eigenvalue weighted by Gasteiger charge is 1.84. The second-order valence-electron chi connectivity index (χ2n) is 1.96. The second-order valence-corrected chi connectivity index (χ2v) is 1.96. The van der Waals surface area contributed by atoms with Crippen molar-refractivity contribution in [2.45, 2.75) is 6.92 Å². The van der Waals surface area contributed by atoms with Crippen molar-refractivity contribution >= 4 is 5.69 Å². The van der Waals surface area contributed by atoms with E-state index in [0.29, 0.717) is 5.69 Å². The maximum atomic E-state index is 7.00. The number of hydrogen-bond donors (Lipinski definition) is 2. The minimum Gasteiger partial charge on any atom is -0.324 e. The Labute approximate surface area is 56.1 Å². The number of rotatable bonds is 1. The highest BCUT2D eigenvalue weighted by molar-refractivity contribution is 5.42. The number of hydrogen-bond acceptors (Lipinski definition) is 2. The molecule has 0 saturated heterocycles. The van der Waals surface area contributed by atoms with Crippen molar-refractivity contribution in [2.75, 3.05) is 5.42 Å². The largest absolute Gasteiger partial charge is 0.324 e. The summed E-state index contributed by atoms with van der Waals surface area (Å²) in [4.78, 5) is 0. The van der Waals surface area contributed by atoms with Gasteiger partial charge in [-0.3, -0.25) is 5.84 Å². The van der Waals surface area contributed by atoms with Gasteiger partial charge in [-0.1, -0.05) is 17.7 Å². The highest BCUT2D eigenvalue weighted by atomic mass is 15.2. The van der Waals surface area contributed by atoms with Gasteiger partial charge in [0.1, 0.15) is 0 Å². The van der Waals surface area contributed by atoms with Crippen LogP contribution in [-0.4, -0.2) is 0 Å². The van der Waals surface area contributed by atoms with Crippen LogP contribution in [0.3, 0.4) is 0 Å². The average molecular weight is 123 g/mol. The molecule has 0 aliphatic heterocycles. The minimum atomic E-state index is 0.700. The van der Waals surface area contributed by atoms with Crippen LogP contribution in [0.25, 0.3) is 0 Å². The molecule has 0 spiro atoms. The number of nitrogen functional groups attached to an aromatic ring is 1. The zero-order valence-electron chi connectivity index (χ0n) is 6.33. The van der Waals surface area contributed by atoms with Crippen LogP contribution in [0.2, 0.25) is 1.41 Å². The van der Waals surface area contributed by atoms with Crippen molar-refractivity contribution in [2.24, 2.45) is 5.84 Å². The van der Waals surface area contributed by atoms with Crippen LogP contribution in [0.4, 0.5) is 5.69 Å². The lowest BCUT2D eigenvalue weighted by Gasteiger charge is -1.97. The van der Waals surface area contributed by atoms with Gasteiger partial charge in [0.2, 0.25) is 0 Å². The van der Waals surface area contributed by atoms with Gasteiger partial charge < -0.3 is 5.42 Å². The molecule has 2 heteroatoms. The van der Waals surface area contributed by atoms with Gasteiger partial charge in [-0.25, -0.2) is 0 Å². The molecule has 0 fully saturated rings. The lowest BCUT2D eigenvalue weighted by atomic mass is 10.2. The molecule has 9 heavy (non-hydrogen) atoms. The van der Waals surface area contributed by atoms with Gasteiger partial charge in [-0.05, 0) is 19.1 Å². The topological polar surface area (TPSA) is 38.0 Å². The van der Waals surface area contributed by atoms with Crippen molar-refractivity contribution in [3.63, 3.8) is 0 Å². The summed E-state index contributed by atoms with van der Waals surface area (Å²) in [7, 11) is 0. The lowest BCUT2D eigenvalue weighted by molar-refractivity contribution is 1.34. The first-order valence-electron chi connectivity index (χ1n) is 3.25. The minimum absolute atomic E-state index is 0.700. The van der Waals surface area contributed by atoms with Crippen molar-refractivity contribution < 1.29 is 1.41 Å². The molecule has 0 aliphatic carbocycles. The van der Waals surface area contributed by atoms with Gasteiger partial charge in [0.05, 0.1) is 0 Å². The molecule has 0 radical (unpaired) electrons. The van der Waals surface area contributed by atoms with Gasteiger partial charge in [0.15, 0.2) is 1.41 Å². The molecular weight excluding hydrogens is 112 g/mol. The Hall–Kier alpha value is -1.02. The van der Waals surface area contributed by atoms with E-state index in [1.165, 1.54) is 5.56 Å². The Bertz CT molecular complexity index is 205. The molecule has 0 aromatic heterocycles. The predicted octanol–water partition coefficient (Wildman–Crippen LogP) is 1.28. The molecule has 0 heterocycles. The van der Waals surface area contributed by atoms with E-state index in [1.807, 2.05) is 31.2 Å². The molecule has 1 rings (SSSR count). The monoisotopic (exact) mass is 123 g/mol. The van der Waals surface area contributed by atoms with E-state index in [4.69, 9.17) is 7.25 Å². The van der Waals surface area contributed by atoms with E-state index in [1.54, 1.807) is 0 Å². The van der Waals surface area contributed by atoms with Gasteiger partial charge in [0.25, 0.3) is 0 Å². The summed E-state index contributed by atoms with van der Waals surface area (Å²) in [5, 5.41) is 0. The van der Waals surface area contributed by atoms with Gasteiger partial charge in [0, 0.05) is 5.69 Å². The van der Waals surface area contributed by atoms with Crippen LogP contribution < -0.4 is 11.3 Å². The predicted molar refractivity (Wildman–Crippen MR) is 39.0 cm³/mol. The fraction of sp³-hybridized carbons (Fsp3) is 0.143. The Morgan fingerprint density at radius 3 is 2.44 bits per heavy atom. The maximum absolute atomic E-state index is 7.00. The van der Waals surface area contributed by atoms with E-state index in [2.05, 4.69) is 0 Å². The fourth-order valence-electron chi connectivity index (χ4n) is 0.631. The maximum Gasteiger partial charge on any atom is 0.181 e. The third-order valence-electron chi connectivity index (χ3n) is 1.18. The molecule has 0 saturated carbocycles. The molecule has 1 aromatic rings. The first-order chi connectivity index (χ1) is 4.70. The van der Waals surface area contributed by atoms with E-state index in [9.17, 15) is 0 Å². The van der Waals surface area contributed by atoms with Crippen molar-refractivity contribution in [1.29, 1.82) is 0 Å². The first kappa shape index (κ1) is 4.82. The third kappa shape index (κ3) is 1.44. The molecule has 0 atom stereocenters. The fourth-order valence-corrected chi connectivity index (χ4v) is 0.631. The zero-order valence-corrected chi connectivity index (χ0v) is 5.33. The summed E-state index contributed by atoms with van der Waals surface area (Å²) in [5.41, 5.74) is 2.72. The molecule has 1 aromatic carbocycles. The van der Waals surface area contributed by atoms with E-state index < -0.39 is 0 Å². The Balaban J connectivity index is 2.89. The molecule has 0 unspecified atom stereocenters. The van der Waals surface area contributed by atoms with Crippen LogP contribution in [-0.2, 0) is 0 Å². The van der Waals surface area contributed by atoms with Crippen LogP contribution in [0, 0.1) is 6.92 Å².